The van der Waals surface area contributed by atoms with Gasteiger partial charge in [-0.05, 0) is 18.2 Å². The number of nitrogens with zero attached hydrogens (tertiary/aromatic N) is 1. The van der Waals surface area contributed by atoms with Gasteiger partial charge in [0, 0.05) is 21.5 Å². The van der Waals surface area contributed by atoms with Crippen LogP contribution in [0.3, 0.4) is 0 Å². The van der Waals surface area contributed by atoms with Crippen LogP contribution in [0.5, 0.6) is 0 Å². The highest BCUT2D eigenvalue weighted by atomic mass is 35.5. The number of benzene rings is 2. The van der Waals surface area contributed by atoms with Crippen molar-refractivity contribution in [2.45, 2.75) is 0 Å². The van der Waals surface area contributed by atoms with Crippen LogP contribution in [0.15, 0.2) is 53.5 Å². The van der Waals surface area contributed by atoms with Crippen LogP contribution in [0, 0.1) is 0 Å². The van der Waals surface area contributed by atoms with Gasteiger partial charge in [-0.2, -0.15) is 0 Å². The minimum Gasteiger partial charge on any atom is -0.351 e. The largest absolute Gasteiger partial charge is 0.351 e. The summed E-state index contributed by atoms with van der Waals surface area (Å²) in [7, 11) is 0. The van der Waals surface area contributed by atoms with Gasteiger partial charge in [0.05, 0.1) is 17.1 Å². The Morgan fingerprint density at radius 1 is 1.09 bits per heavy atom. The fourth-order valence-corrected chi connectivity index (χ4v) is 2.89. The third-order valence-electron chi connectivity index (χ3n) is 3.69. The van der Waals surface area contributed by atoms with E-state index in [1.807, 2.05) is 48.5 Å². The van der Waals surface area contributed by atoms with Crippen molar-refractivity contribution in [3.8, 4) is 0 Å². The number of aliphatic imine (C=N–C) groups is 1. The van der Waals surface area contributed by atoms with E-state index in [-0.39, 0.29) is 12.5 Å². The maximum atomic E-state index is 12.0. The number of amides is 1. The molecule has 22 heavy (non-hydrogen) atoms. The molecule has 0 radical (unpaired) electrons. The van der Waals surface area contributed by atoms with E-state index in [2.05, 4.69) is 15.3 Å². The molecule has 0 bridgehead atoms. The topological polar surface area (TPSA) is 57.2 Å². The fourth-order valence-electron chi connectivity index (χ4n) is 2.72. The van der Waals surface area contributed by atoms with E-state index in [1.54, 1.807) is 0 Å². The molecule has 2 N–H and O–H groups in total. The van der Waals surface area contributed by atoms with Crippen molar-refractivity contribution < 1.29 is 4.79 Å². The van der Waals surface area contributed by atoms with Crippen LogP contribution < -0.4 is 5.32 Å². The van der Waals surface area contributed by atoms with Crippen molar-refractivity contribution in [3.63, 3.8) is 0 Å². The van der Waals surface area contributed by atoms with Gasteiger partial charge in [-0.25, -0.2) is 0 Å². The Morgan fingerprint density at radius 2 is 1.91 bits per heavy atom. The Balaban J connectivity index is 2.00. The highest BCUT2D eigenvalue weighted by molar-refractivity contribution is 6.31. The Labute approximate surface area is 131 Å². The minimum atomic E-state index is -0.122. The predicted molar refractivity (Wildman–Crippen MR) is 88.9 cm³/mol. The first-order valence-corrected chi connectivity index (χ1v) is 7.31. The Morgan fingerprint density at radius 3 is 2.73 bits per heavy atom. The molecule has 4 nitrogen and oxygen atoms in total. The van der Waals surface area contributed by atoms with E-state index < -0.39 is 0 Å². The van der Waals surface area contributed by atoms with Crippen LogP contribution in [0.4, 0.5) is 5.69 Å². The predicted octanol–water partition coefficient (Wildman–Crippen LogP) is 3.61. The SMILES string of the molecule is O=C1CN=C(c2ccccc2)c2[nH]c3cc(Cl)ccc3c2N1. The lowest BCUT2D eigenvalue weighted by molar-refractivity contribution is -0.114. The molecule has 5 heteroatoms. The van der Waals surface area contributed by atoms with Crippen LogP contribution in [0.2, 0.25) is 5.02 Å². The van der Waals surface area contributed by atoms with Gasteiger partial charge in [-0.1, -0.05) is 41.9 Å². The lowest BCUT2D eigenvalue weighted by Gasteiger charge is -2.05. The van der Waals surface area contributed by atoms with Gasteiger partial charge in [0.15, 0.2) is 0 Å². The van der Waals surface area contributed by atoms with Crippen LogP contribution in [-0.4, -0.2) is 23.1 Å². The number of hydrogen-bond donors (Lipinski definition) is 2. The van der Waals surface area contributed by atoms with E-state index >= 15 is 0 Å². The Bertz CT molecular complexity index is 912. The first kappa shape index (κ1) is 13.1. The van der Waals surface area contributed by atoms with E-state index in [9.17, 15) is 4.79 Å². The second kappa shape index (κ2) is 5.00. The van der Waals surface area contributed by atoms with Gasteiger partial charge in [0.1, 0.15) is 6.54 Å². The maximum absolute atomic E-state index is 12.0. The second-order valence-corrected chi connectivity index (χ2v) is 5.58. The highest BCUT2D eigenvalue weighted by Gasteiger charge is 2.22. The number of carbonyl (C=O) groups excluding carboxylic acids is 1. The van der Waals surface area contributed by atoms with Crippen LogP contribution in [0.25, 0.3) is 10.9 Å². The van der Waals surface area contributed by atoms with Crippen molar-refractivity contribution >= 4 is 39.8 Å². The second-order valence-electron chi connectivity index (χ2n) is 5.14. The Hall–Kier alpha value is -2.59. The van der Waals surface area contributed by atoms with Gasteiger partial charge in [-0.15, -0.1) is 0 Å². The van der Waals surface area contributed by atoms with E-state index in [0.29, 0.717) is 5.02 Å². The minimum absolute atomic E-state index is 0.113. The van der Waals surface area contributed by atoms with Crippen molar-refractivity contribution in [1.82, 2.24) is 4.98 Å². The number of halogens is 1. The average molecular weight is 310 g/mol. The lowest BCUT2D eigenvalue weighted by atomic mass is 10.1. The van der Waals surface area contributed by atoms with Gasteiger partial charge < -0.3 is 10.3 Å². The van der Waals surface area contributed by atoms with E-state index in [4.69, 9.17) is 11.6 Å². The molecular formula is C17H12ClN3O. The molecule has 2 heterocycles. The summed E-state index contributed by atoms with van der Waals surface area (Å²) in [5, 5.41) is 4.51. The molecular weight excluding hydrogens is 298 g/mol. The molecule has 0 aliphatic carbocycles. The standard InChI is InChI=1S/C17H12ClN3O/c18-11-6-7-12-13(8-11)20-17-15(10-4-2-1-3-5-10)19-9-14(22)21-16(12)17/h1-8,20H,9H2,(H,21,22). The number of aromatic nitrogens is 1. The molecule has 1 amide bonds. The van der Waals surface area contributed by atoms with Crippen molar-refractivity contribution in [2.75, 3.05) is 11.9 Å². The molecule has 1 aliphatic heterocycles. The van der Waals surface area contributed by atoms with Gasteiger partial charge in [0.25, 0.3) is 0 Å². The number of aromatic amines is 1. The molecule has 2 aromatic carbocycles. The molecule has 3 aromatic rings. The zero-order valence-corrected chi connectivity index (χ0v) is 12.3. The molecule has 1 aromatic heterocycles. The molecule has 108 valence electrons. The number of H-pyrrole nitrogens is 1. The van der Waals surface area contributed by atoms with Crippen molar-refractivity contribution in [3.05, 3.63) is 64.8 Å². The van der Waals surface area contributed by atoms with Gasteiger partial charge in [0.2, 0.25) is 5.91 Å². The van der Waals surface area contributed by atoms with Crippen LogP contribution in [-0.2, 0) is 4.79 Å². The number of nitrogens with one attached hydrogen (secondary N) is 2. The van der Waals surface area contributed by atoms with E-state index in [0.717, 1.165) is 33.6 Å². The first-order chi connectivity index (χ1) is 10.7. The van der Waals surface area contributed by atoms with Crippen LogP contribution >= 0.6 is 11.6 Å². The third-order valence-corrected chi connectivity index (χ3v) is 3.92. The molecule has 4 rings (SSSR count). The summed E-state index contributed by atoms with van der Waals surface area (Å²) in [6, 6.07) is 15.4. The molecule has 0 fully saturated rings. The smallest absolute Gasteiger partial charge is 0.246 e. The summed E-state index contributed by atoms with van der Waals surface area (Å²) in [4.78, 5) is 19.8. The normalized spacial score (nSPS) is 14.2. The molecule has 0 spiro atoms. The average Bonchev–Trinajstić information content (AvgIpc) is 2.77. The van der Waals surface area contributed by atoms with Crippen LogP contribution in [0.1, 0.15) is 11.3 Å². The molecule has 0 saturated carbocycles. The zero-order chi connectivity index (χ0) is 15.1. The Kier molecular flexibility index (Phi) is 2.98. The third kappa shape index (κ3) is 2.09. The molecule has 0 saturated heterocycles. The first-order valence-electron chi connectivity index (χ1n) is 6.94. The summed E-state index contributed by atoms with van der Waals surface area (Å²) < 4.78 is 0. The van der Waals surface area contributed by atoms with Crippen molar-refractivity contribution in [2.24, 2.45) is 4.99 Å². The highest BCUT2D eigenvalue weighted by Crippen LogP contribution is 2.32. The van der Waals surface area contributed by atoms with Gasteiger partial charge in [-0.3, -0.25) is 9.79 Å². The summed E-state index contributed by atoms with van der Waals surface area (Å²) in [6.07, 6.45) is 0. The summed E-state index contributed by atoms with van der Waals surface area (Å²) >= 11 is 6.06. The maximum Gasteiger partial charge on any atom is 0.246 e. The van der Waals surface area contributed by atoms with E-state index in [1.165, 1.54) is 0 Å². The zero-order valence-electron chi connectivity index (χ0n) is 11.6. The van der Waals surface area contributed by atoms with Gasteiger partial charge >= 0.3 is 0 Å². The molecule has 0 atom stereocenters. The monoisotopic (exact) mass is 309 g/mol. The summed E-state index contributed by atoms with van der Waals surface area (Å²) in [6.45, 7) is 0.113. The quantitative estimate of drug-likeness (QED) is 0.709. The summed E-state index contributed by atoms with van der Waals surface area (Å²) in [5.74, 6) is -0.122. The fraction of sp³-hybridized carbons (Fsp3) is 0.0588. The van der Waals surface area contributed by atoms with Crippen molar-refractivity contribution in [1.29, 1.82) is 0 Å². The summed E-state index contributed by atoms with van der Waals surface area (Å²) in [5.41, 5.74) is 4.20. The lowest BCUT2D eigenvalue weighted by Crippen LogP contribution is -2.13. The molecule has 1 aliphatic rings. The number of carbonyl (C=O) groups is 1. The number of fused-ring (bicyclic) bond motifs is 3. The number of hydrogen-bond acceptors (Lipinski definition) is 2. The molecule has 0 unspecified atom stereocenters. The number of rotatable bonds is 1. The number of anilines is 1.